The summed E-state index contributed by atoms with van der Waals surface area (Å²) in [7, 11) is 3.77. The first-order valence-corrected chi connectivity index (χ1v) is 5.21. The van der Waals surface area contributed by atoms with Crippen LogP contribution in [0.25, 0.3) is 0 Å². The third kappa shape index (κ3) is 3.92. The highest BCUT2D eigenvalue weighted by Gasteiger charge is 2.10. The molecule has 0 aromatic carbocycles. The van der Waals surface area contributed by atoms with E-state index >= 15 is 0 Å². The van der Waals surface area contributed by atoms with E-state index in [9.17, 15) is 0 Å². The molecule has 0 amide bonds. The summed E-state index contributed by atoms with van der Waals surface area (Å²) in [5.41, 5.74) is 1.61. The summed E-state index contributed by atoms with van der Waals surface area (Å²) >= 11 is 0. The fourth-order valence-corrected chi connectivity index (χ4v) is 1.85. The number of hydrogen-bond donors (Lipinski definition) is 1. The number of allylic oxidation sites excluding steroid dienone is 1. The quantitative estimate of drug-likeness (QED) is 0.659. The molecule has 0 saturated carbocycles. The van der Waals surface area contributed by atoms with E-state index in [2.05, 4.69) is 11.4 Å². The Kier molecular flexibility index (Phi) is 5.09. The molecule has 1 aliphatic carbocycles. The zero-order valence-corrected chi connectivity index (χ0v) is 8.81. The SMILES string of the molecule is CNC(COC)CC1=CCCCC1. The van der Waals surface area contributed by atoms with Crippen LogP contribution in [0.3, 0.4) is 0 Å². The van der Waals surface area contributed by atoms with Crippen LogP contribution in [0.2, 0.25) is 0 Å². The lowest BCUT2D eigenvalue weighted by Gasteiger charge is -2.19. The van der Waals surface area contributed by atoms with Crippen molar-refractivity contribution >= 4 is 0 Å². The highest BCUT2D eigenvalue weighted by Crippen LogP contribution is 2.21. The zero-order chi connectivity index (χ0) is 9.52. The summed E-state index contributed by atoms with van der Waals surface area (Å²) in [6.45, 7) is 0.813. The van der Waals surface area contributed by atoms with Crippen molar-refractivity contribution < 1.29 is 4.74 Å². The summed E-state index contributed by atoms with van der Waals surface area (Å²) < 4.78 is 5.15. The minimum Gasteiger partial charge on any atom is -0.383 e. The lowest BCUT2D eigenvalue weighted by molar-refractivity contribution is 0.169. The Morgan fingerprint density at radius 1 is 1.54 bits per heavy atom. The van der Waals surface area contributed by atoms with Crippen LogP contribution in [0, 0.1) is 0 Å². The molecular formula is C11H21NO. The Hall–Kier alpha value is -0.340. The molecule has 1 aliphatic rings. The molecular weight excluding hydrogens is 162 g/mol. The van der Waals surface area contributed by atoms with Gasteiger partial charge in [0, 0.05) is 13.2 Å². The molecule has 0 aromatic rings. The van der Waals surface area contributed by atoms with E-state index in [-0.39, 0.29) is 0 Å². The molecule has 1 N–H and O–H groups in total. The molecule has 0 spiro atoms. The van der Waals surface area contributed by atoms with Crippen molar-refractivity contribution in [1.29, 1.82) is 0 Å². The summed E-state index contributed by atoms with van der Waals surface area (Å²) in [4.78, 5) is 0. The van der Waals surface area contributed by atoms with Crippen LogP contribution in [-0.4, -0.2) is 26.8 Å². The van der Waals surface area contributed by atoms with Gasteiger partial charge in [-0.3, -0.25) is 0 Å². The molecule has 0 saturated heterocycles. The lowest BCUT2D eigenvalue weighted by atomic mass is 9.94. The third-order valence-electron chi connectivity index (χ3n) is 2.67. The van der Waals surface area contributed by atoms with Crippen molar-refractivity contribution in [2.45, 2.75) is 38.1 Å². The molecule has 0 bridgehead atoms. The third-order valence-corrected chi connectivity index (χ3v) is 2.67. The molecule has 0 radical (unpaired) electrons. The Bertz CT molecular complexity index is 165. The summed E-state index contributed by atoms with van der Waals surface area (Å²) in [5, 5.41) is 3.28. The van der Waals surface area contributed by atoms with E-state index in [1.807, 2.05) is 7.05 Å². The average molecular weight is 183 g/mol. The first kappa shape index (κ1) is 10.7. The van der Waals surface area contributed by atoms with E-state index in [0.29, 0.717) is 6.04 Å². The van der Waals surface area contributed by atoms with E-state index in [1.165, 1.54) is 25.7 Å². The average Bonchev–Trinajstić information content (AvgIpc) is 2.19. The van der Waals surface area contributed by atoms with Crippen molar-refractivity contribution in [3.05, 3.63) is 11.6 Å². The summed E-state index contributed by atoms with van der Waals surface area (Å²) in [6, 6.07) is 0.495. The molecule has 0 aromatic heterocycles. The Balaban J connectivity index is 2.31. The molecule has 1 atom stereocenters. The summed E-state index contributed by atoms with van der Waals surface area (Å²) in [6.07, 6.45) is 8.88. The highest BCUT2D eigenvalue weighted by atomic mass is 16.5. The fourth-order valence-electron chi connectivity index (χ4n) is 1.85. The van der Waals surface area contributed by atoms with Crippen LogP contribution < -0.4 is 5.32 Å². The highest BCUT2D eigenvalue weighted by molar-refractivity contribution is 5.06. The van der Waals surface area contributed by atoms with Crippen molar-refractivity contribution in [3.63, 3.8) is 0 Å². The standard InChI is InChI=1S/C11H21NO/c1-12-11(9-13-2)8-10-6-4-3-5-7-10/h6,11-12H,3-5,7-9H2,1-2H3. The zero-order valence-electron chi connectivity index (χ0n) is 8.81. The van der Waals surface area contributed by atoms with Crippen LogP contribution >= 0.6 is 0 Å². The van der Waals surface area contributed by atoms with Gasteiger partial charge in [-0.25, -0.2) is 0 Å². The molecule has 13 heavy (non-hydrogen) atoms. The molecule has 1 unspecified atom stereocenters. The second kappa shape index (κ2) is 6.17. The Morgan fingerprint density at radius 3 is 2.92 bits per heavy atom. The van der Waals surface area contributed by atoms with E-state index in [4.69, 9.17) is 4.74 Å². The maximum Gasteiger partial charge on any atom is 0.0618 e. The topological polar surface area (TPSA) is 21.3 Å². The molecule has 76 valence electrons. The van der Waals surface area contributed by atoms with E-state index < -0.39 is 0 Å². The largest absolute Gasteiger partial charge is 0.383 e. The van der Waals surface area contributed by atoms with Crippen molar-refractivity contribution in [3.8, 4) is 0 Å². The maximum atomic E-state index is 5.15. The molecule has 2 nitrogen and oxygen atoms in total. The van der Waals surface area contributed by atoms with Crippen molar-refractivity contribution in [2.75, 3.05) is 20.8 Å². The second-order valence-electron chi connectivity index (χ2n) is 3.75. The number of ether oxygens (including phenoxy) is 1. The van der Waals surface area contributed by atoms with Gasteiger partial charge in [0.05, 0.1) is 6.61 Å². The van der Waals surface area contributed by atoms with Gasteiger partial charge < -0.3 is 10.1 Å². The molecule has 2 heteroatoms. The first-order valence-electron chi connectivity index (χ1n) is 5.21. The van der Waals surface area contributed by atoms with Crippen molar-refractivity contribution in [1.82, 2.24) is 5.32 Å². The molecule has 0 fully saturated rings. The van der Waals surface area contributed by atoms with Gasteiger partial charge in [-0.2, -0.15) is 0 Å². The minimum atomic E-state index is 0.495. The van der Waals surface area contributed by atoms with Crippen LogP contribution in [0.15, 0.2) is 11.6 Å². The maximum absolute atomic E-state index is 5.15. The van der Waals surface area contributed by atoms with Gasteiger partial charge in [-0.1, -0.05) is 11.6 Å². The first-order chi connectivity index (χ1) is 6.36. The van der Waals surface area contributed by atoms with Crippen LogP contribution in [0.4, 0.5) is 0 Å². The van der Waals surface area contributed by atoms with Crippen LogP contribution in [0.5, 0.6) is 0 Å². The van der Waals surface area contributed by atoms with E-state index in [1.54, 1.807) is 12.7 Å². The van der Waals surface area contributed by atoms with Gasteiger partial charge in [0.25, 0.3) is 0 Å². The fraction of sp³-hybridized carbons (Fsp3) is 0.818. The van der Waals surface area contributed by atoms with Gasteiger partial charge in [-0.05, 0) is 39.2 Å². The van der Waals surface area contributed by atoms with Gasteiger partial charge in [0.2, 0.25) is 0 Å². The molecule has 0 heterocycles. The van der Waals surface area contributed by atoms with Gasteiger partial charge in [-0.15, -0.1) is 0 Å². The second-order valence-corrected chi connectivity index (χ2v) is 3.75. The number of methoxy groups -OCH3 is 1. The smallest absolute Gasteiger partial charge is 0.0618 e. The van der Waals surface area contributed by atoms with Gasteiger partial charge in [0.1, 0.15) is 0 Å². The number of rotatable bonds is 5. The number of hydrogen-bond acceptors (Lipinski definition) is 2. The van der Waals surface area contributed by atoms with Gasteiger partial charge in [0.15, 0.2) is 0 Å². The predicted molar refractivity (Wildman–Crippen MR) is 55.9 cm³/mol. The Labute approximate surface area is 81.4 Å². The van der Waals surface area contributed by atoms with E-state index in [0.717, 1.165) is 13.0 Å². The Morgan fingerprint density at radius 2 is 2.38 bits per heavy atom. The van der Waals surface area contributed by atoms with Crippen LogP contribution in [-0.2, 0) is 4.74 Å². The monoisotopic (exact) mass is 183 g/mol. The number of likely N-dealkylation sites (N-methyl/N-ethyl adjacent to an activating group) is 1. The molecule has 1 rings (SSSR count). The molecule has 0 aliphatic heterocycles. The van der Waals surface area contributed by atoms with Crippen LogP contribution in [0.1, 0.15) is 32.1 Å². The lowest BCUT2D eigenvalue weighted by Crippen LogP contribution is -2.30. The summed E-state index contributed by atoms with van der Waals surface area (Å²) in [5.74, 6) is 0. The predicted octanol–water partition coefficient (Wildman–Crippen LogP) is 2.11. The normalized spacial score (nSPS) is 19.7. The minimum absolute atomic E-state index is 0.495. The van der Waals surface area contributed by atoms with Crippen molar-refractivity contribution in [2.24, 2.45) is 0 Å². The number of nitrogens with one attached hydrogen (secondary N) is 1. The van der Waals surface area contributed by atoms with Gasteiger partial charge >= 0.3 is 0 Å².